The SMILES string of the molecule is CCCCCCCCSC(=O)C(C)(C)CCCCC(N)=O. The number of carbonyl (C=O) groups is 2. The van der Waals surface area contributed by atoms with E-state index in [0.717, 1.165) is 31.4 Å². The first-order valence-corrected chi connectivity index (χ1v) is 9.34. The summed E-state index contributed by atoms with van der Waals surface area (Å²) in [6.07, 6.45) is 10.5. The molecule has 0 atom stereocenters. The highest BCUT2D eigenvalue weighted by molar-refractivity contribution is 8.13. The van der Waals surface area contributed by atoms with Gasteiger partial charge in [0.05, 0.1) is 0 Å². The molecule has 0 aliphatic carbocycles. The molecule has 0 aliphatic rings. The molecule has 1 amide bonds. The van der Waals surface area contributed by atoms with Crippen LogP contribution in [-0.4, -0.2) is 16.8 Å². The first-order chi connectivity index (χ1) is 9.90. The van der Waals surface area contributed by atoms with E-state index in [1.54, 1.807) is 0 Å². The highest BCUT2D eigenvalue weighted by Crippen LogP contribution is 2.30. The Morgan fingerprint density at radius 1 is 0.952 bits per heavy atom. The topological polar surface area (TPSA) is 60.2 Å². The number of nitrogens with two attached hydrogens (primary N) is 1. The van der Waals surface area contributed by atoms with Crippen LogP contribution in [0.2, 0.25) is 0 Å². The van der Waals surface area contributed by atoms with Gasteiger partial charge in [0, 0.05) is 17.6 Å². The van der Waals surface area contributed by atoms with Crippen molar-refractivity contribution in [3.05, 3.63) is 0 Å². The zero-order chi connectivity index (χ0) is 16.1. The number of thioether (sulfide) groups is 1. The standard InChI is InChI=1S/C17H33NO2S/c1-4-5-6-7-8-11-14-21-16(20)17(2,3)13-10-9-12-15(18)19/h4-14H2,1-3H3,(H2,18,19). The minimum Gasteiger partial charge on any atom is -0.370 e. The summed E-state index contributed by atoms with van der Waals surface area (Å²) in [5.74, 6) is 0.687. The lowest BCUT2D eigenvalue weighted by atomic mass is 9.88. The molecule has 3 nitrogen and oxygen atoms in total. The Bertz CT molecular complexity index is 303. The molecule has 0 bridgehead atoms. The van der Waals surface area contributed by atoms with Crippen molar-refractivity contribution in [2.45, 2.75) is 85.0 Å². The molecule has 0 unspecified atom stereocenters. The molecule has 0 aliphatic heterocycles. The van der Waals surface area contributed by atoms with Gasteiger partial charge in [-0.1, -0.05) is 71.1 Å². The summed E-state index contributed by atoms with van der Waals surface area (Å²) < 4.78 is 0. The normalized spacial score (nSPS) is 11.6. The lowest BCUT2D eigenvalue weighted by molar-refractivity contribution is -0.118. The Morgan fingerprint density at radius 3 is 2.19 bits per heavy atom. The van der Waals surface area contributed by atoms with Crippen molar-refractivity contribution < 1.29 is 9.59 Å². The van der Waals surface area contributed by atoms with Crippen molar-refractivity contribution in [2.75, 3.05) is 5.75 Å². The zero-order valence-electron chi connectivity index (χ0n) is 14.1. The van der Waals surface area contributed by atoms with Gasteiger partial charge in [0.1, 0.15) is 0 Å². The number of rotatable bonds is 13. The van der Waals surface area contributed by atoms with Gasteiger partial charge in [0.15, 0.2) is 5.12 Å². The van der Waals surface area contributed by atoms with Crippen LogP contribution < -0.4 is 5.73 Å². The van der Waals surface area contributed by atoms with Crippen LogP contribution in [0.3, 0.4) is 0 Å². The molecule has 4 heteroatoms. The molecule has 0 radical (unpaired) electrons. The second-order valence-electron chi connectivity index (χ2n) is 6.46. The van der Waals surface area contributed by atoms with E-state index in [0.29, 0.717) is 6.42 Å². The average Bonchev–Trinajstić information content (AvgIpc) is 2.42. The van der Waals surface area contributed by atoms with Crippen LogP contribution in [0.5, 0.6) is 0 Å². The molecule has 21 heavy (non-hydrogen) atoms. The first kappa shape index (κ1) is 20.5. The summed E-state index contributed by atoms with van der Waals surface area (Å²) in [7, 11) is 0. The molecule has 0 aromatic carbocycles. The number of hydrogen-bond donors (Lipinski definition) is 1. The summed E-state index contributed by atoms with van der Waals surface area (Å²) in [4.78, 5) is 22.9. The molecule has 0 saturated carbocycles. The first-order valence-electron chi connectivity index (χ1n) is 8.35. The number of primary amides is 1. The quantitative estimate of drug-likeness (QED) is 0.502. The summed E-state index contributed by atoms with van der Waals surface area (Å²) in [5.41, 5.74) is 4.83. The van der Waals surface area contributed by atoms with E-state index >= 15 is 0 Å². The molecule has 0 spiro atoms. The predicted molar refractivity (Wildman–Crippen MR) is 92.3 cm³/mol. The number of amides is 1. The molecule has 0 aromatic heterocycles. The Hall–Kier alpha value is -0.510. The van der Waals surface area contributed by atoms with E-state index < -0.39 is 0 Å². The van der Waals surface area contributed by atoms with Crippen molar-refractivity contribution in [1.29, 1.82) is 0 Å². The van der Waals surface area contributed by atoms with E-state index in [4.69, 9.17) is 5.73 Å². The van der Waals surface area contributed by atoms with Crippen molar-refractivity contribution in [2.24, 2.45) is 11.1 Å². The second-order valence-corrected chi connectivity index (χ2v) is 7.53. The second kappa shape index (κ2) is 12.1. The smallest absolute Gasteiger partial charge is 0.217 e. The number of unbranched alkanes of at least 4 members (excludes halogenated alkanes) is 6. The fraction of sp³-hybridized carbons (Fsp3) is 0.882. The van der Waals surface area contributed by atoms with Crippen molar-refractivity contribution in [3.8, 4) is 0 Å². The highest BCUT2D eigenvalue weighted by Gasteiger charge is 2.26. The largest absolute Gasteiger partial charge is 0.370 e. The van der Waals surface area contributed by atoms with Gasteiger partial charge >= 0.3 is 0 Å². The summed E-state index contributed by atoms with van der Waals surface area (Å²) in [6, 6.07) is 0. The van der Waals surface area contributed by atoms with Gasteiger partial charge in [-0.05, 0) is 19.3 Å². The lowest BCUT2D eigenvalue weighted by Crippen LogP contribution is -2.22. The van der Waals surface area contributed by atoms with Crippen LogP contribution in [0.4, 0.5) is 0 Å². The van der Waals surface area contributed by atoms with Crippen LogP contribution in [0.1, 0.15) is 85.0 Å². The van der Waals surface area contributed by atoms with Crippen LogP contribution in [0.25, 0.3) is 0 Å². The van der Waals surface area contributed by atoms with Crippen LogP contribution in [0, 0.1) is 5.41 Å². The minimum absolute atomic E-state index is 0.253. The van der Waals surface area contributed by atoms with Gasteiger partial charge in [-0.25, -0.2) is 0 Å². The monoisotopic (exact) mass is 315 g/mol. The third-order valence-corrected chi connectivity index (χ3v) is 5.07. The highest BCUT2D eigenvalue weighted by atomic mass is 32.2. The Morgan fingerprint density at radius 2 is 1.57 bits per heavy atom. The summed E-state index contributed by atoms with van der Waals surface area (Å²) in [6.45, 7) is 6.24. The van der Waals surface area contributed by atoms with Gasteiger partial charge in [0.2, 0.25) is 5.91 Å². The van der Waals surface area contributed by atoms with E-state index in [1.165, 1.54) is 43.9 Å². The van der Waals surface area contributed by atoms with Crippen LogP contribution in [0.15, 0.2) is 0 Å². The molecule has 0 saturated heterocycles. The van der Waals surface area contributed by atoms with Crippen LogP contribution in [-0.2, 0) is 9.59 Å². The van der Waals surface area contributed by atoms with E-state index in [9.17, 15) is 9.59 Å². The minimum atomic E-state index is -0.287. The molecule has 124 valence electrons. The summed E-state index contributed by atoms with van der Waals surface area (Å²) in [5, 5.41) is 0.287. The third kappa shape index (κ3) is 11.8. The molecule has 0 aromatic rings. The Labute approximate surface area is 134 Å². The van der Waals surface area contributed by atoms with Crippen molar-refractivity contribution >= 4 is 22.8 Å². The zero-order valence-corrected chi connectivity index (χ0v) is 14.9. The average molecular weight is 316 g/mol. The maximum atomic E-state index is 12.2. The van der Waals surface area contributed by atoms with Gasteiger partial charge < -0.3 is 5.73 Å². The molecule has 0 fully saturated rings. The van der Waals surface area contributed by atoms with Crippen molar-refractivity contribution in [1.82, 2.24) is 0 Å². The van der Waals surface area contributed by atoms with E-state index in [1.807, 2.05) is 13.8 Å². The summed E-state index contributed by atoms with van der Waals surface area (Å²) >= 11 is 1.48. The molecular formula is C17H33NO2S. The lowest BCUT2D eigenvalue weighted by Gasteiger charge is -2.22. The number of carbonyl (C=O) groups excluding carboxylic acids is 2. The van der Waals surface area contributed by atoms with E-state index in [-0.39, 0.29) is 16.4 Å². The molecule has 0 rings (SSSR count). The van der Waals surface area contributed by atoms with E-state index in [2.05, 4.69) is 6.92 Å². The Balaban J connectivity index is 3.69. The third-order valence-electron chi connectivity index (χ3n) is 3.76. The Kier molecular flexibility index (Phi) is 11.8. The molecule has 0 heterocycles. The van der Waals surface area contributed by atoms with Crippen molar-refractivity contribution in [3.63, 3.8) is 0 Å². The maximum absolute atomic E-state index is 12.2. The van der Waals surface area contributed by atoms with Gasteiger partial charge in [-0.15, -0.1) is 0 Å². The van der Waals surface area contributed by atoms with Crippen LogP contribution >= 0.6 is 11.8 Å². The van der Waals surface area contributed by atoms with Gasteiger partial charge in [0.25, 0.3) is 0 Å². The van der Waals surface area contributed by atoms with Gasteiger partial charge in [-0.2, -0.15) is 0 Å². The molecular weight excluding hydrogens is 282 g/mol. The molecule has 2 N–H and O–H groups in total. The maximum Gasteiger partial charge on any atom is 0.217 e. The fourth-order valence-electron chi connectivity index (χ4n) is 2.21. The van der Waals surface area contributed by atoms with Gasteiger partial charge in [-0.3, -0.25) is 9.59 Å². The predicted octanol–water partition coefficient (Wildman–Crippen LogP) is 4.68. The fourth-order valence-corrected chi connectivity index (χ4v) is 3.24. The number of hydrogen-bond acceptors (Lipinski definition) is 3.